The van der Waals surface area contributed by atoms with E-state index >= 15 is 0 Å². The number of benzene rings is 10. The fourth-order valence-electron chi connectivity index (χ4n) is 8.79. The van der Waals surface area contributed by atoms with Crippen molar-refractivity contribution in [1.82, 2.24) is 15.0 Å². The van der Waals surface area contributed by atoms with E-state index in [1.807, 2.05) is 97.1 Å². The lowest BCUT2D eigenvalue weighted by atomic mass is 9.92. The summed E-state index contributed by atoms with van der Waals surface area (Å²) in [6.45, 7) is 8.06. The lowest BCUT2D eigenvalue weighted by Crippen LogP contribution is -2.00. The third-order valence-electron chi connectivity index (χ3n) is 12.1. The number of rotatable bonds is 8. The van der Waals surface area contributed by atoms with Gasteiger partial charge in [-0.3, -0.25) is 0 Å². The highest BCUT2D eigenvalue weighted by Crippen LogP contribution is 2.38. The molecule has 0 N–H and O–H groups in total. The molecule has 0 amide bonds. The third kappa shape index (κ3) is 7.75. The Morgan fingerprint density at radius 2 is 0.788 bits per heavy atom. The van der Waals surface area contributed by atoms with Crippen molar-refractivity contribution in [2.75, 3.05) is 0 Å². The summed E-state index contributed by atoms with van der Waals surface area (Å²) in [5, 5.41) is 14.3. The molecule has 0 aliphatic rings. The van der Waals surface area contributed by atoms with Gasteiger partial charge in [-0.05, 0) is 126 Å². The van der Waals surface area contributed by atoms with Gasteiger partial charge in [0.15, 0.2) is 23.2 Å². The summed E-state index contributed by atoms with van der Waals surface area (Å²) < 4.78 is 0. The zero-order valence-corrected chi connectivity index (χ0v) is 35.6. The molecule has 1 aromatic heterocycles. The van der Waals surface area contributed by atoms with Crippen molar-refractivity contribution in [1.29, 1.82) is 5.26 Å². The van der Waals surface area contributed by atoms with Gasteiger partial charge in [0, 0.05) is 16.7 Å². The summed E-state index contributed by atoms with van der Waals surface area (Å²) in [6.07, 6.45) is 0. The normalized spacial score (nSPS) is 11.0. The molecule has 11 aromatic rings. The van der Waals surface area contributed by atoms with E-state index in [1.54, 1.807) is 0 Å². The molecule has 66 heavy (non-hydrogen) atoms. The number of hydrogen-bond donors (Lipinski definition) is 0. The molecule has 5 nitrogen and oxygen atoms in total. The van der Waals surface area contributed by atoms with Crippen LogP contribution in [0.4, 0.5) is 5.69 Å². The van der Waals surface area contributed by atoms with Crippen molar-refractivity contribution in [3.8, 4) is 95.9 Å². The largest absolute Gasteiger partial charge is 0.238 e. The molecule has 0 unspecified atom stereocenters. The molecular formula is C61H37N5. The molecule has 5 heteroatoms. The molecule has 0 bridgehead atoms. The van der Waals surface area contributed by atoms with E-state index in [1.165, 1.54) is 32.7 Å². The maximum atomic E-state index is 9.33. The molecule has 11 rings (SSSR count). The highest BCUT2D eigenvalue weighted by atomic mass is 15.0. The van der Waals surface area contributed by atoms with Crippen LogP contribution in [0.25, 0.3) is 116 Å². The van der Waals surface area contributed by atoms with Crippen molar-refractivity contribution in [3.05, 3.63) is 241 Å². The van der Waals surface area contributed by atoms with Crippen LogP contribution in [-0.4, -0.2) is 15.0 Å². The van der Waals surface area contributed by atoms with Crippen LogP contribution in [0.15, 0.2) is 224 Å². The second-order valence-electron chi connectivity index (χ2n) is 16.3. The Morgan fingerprint density at radius 1 is 0.348 bits per heavy atom. The minimum Gasteiger partial charge on any atom is -0.238 e. The molecule has 1 heterocycles. The van der Waals surface area contributed by atoms with Gasteiger partial charge in [-0.25, -0.2) is 19.8 Å². The van der Waals surface area contributed by atoms with Crippen LogP contribution in [0.5, 0.6) is 0 Å². The molecule has 0 spiro atoms. The fraction of sp³-hybridized carbons (Fsp3) is 0. The van der Waals surface area contributed by atoms with Crippen molar-refractivity contribution in [2.24, 2.45) is 0 Å². The molecule has 10 aromatic carbocycles. The van der Waals surface area contributed by atoms with E-state index in [2.05, 4.69) is 138 Å². The average Bonchev–Trinajstić information content (AvgIpc) is 3.40. The van der Waals surface area contributed by atoms with Gasteiger partial charge in [0.1, 0.15) is 0 Å². The van der Waals surface area contributed by atoms with Gasteiger partial charge in [-0.2, -0.15) is 5.26 Å². The smallest absolute Gasteiger partial charge is 0.188 e. The summed E-state index contributed by atoms with van der Waals surface area (Å²) in [6, 6.07) is 79.0. The van der Waals surface area contributed by atoms with E-state index in [0.29, 0.717) is 28.7 Å². The Bertz CT molecular complexity index is 3710. The van der Waals surface area contributed by atoms with Gasteiger partial charge in [0.2, 0.25) is 0 Å². The van der Waals surface area contributed by atoms with Crippen LogP contribution < -0.4 is 0 Å². The van der Waals surface area contributed by atoms with E-state index < -0.39 is 0 Å². The predicted molar refractivity (Wildman–Crippen MR) is 269 cm³/mol. The number of nitrogens with zero attached hydrogens (tertiary/aromatic N) is 5. The molecule has 0 aliphatic carbocycles. The molecule has 0 saturated heterocycles. The Labute approximate surface area is 383 Å². The fourth-order valence-corrected chi connectivity index (χ4v) is 8.79. The van der Waals surface area contributed by atoms with Crippen LogP contribution in [-0.2, 0) is 0 Å². The Morgan fingerprint density at radius 3 is 1.42 bits per heavy atom. The van der Waals surface area contributed by atoms with E-state index in [9.17, 15) is 5.26 Å². The van der Waals surface area contributed by atoms with E-state index in [4.69, 9.17) is 21.5 Å². The number of aromatic nitrogens is 3. The summed E-state index contributed by atoms with van der Waals surface area (Å²) in [5.74, 6) is 1.66. The first-order chi connectivity index (χ1) is 32.6. The first kappa shape index (κ1) is 39.5. The van der Waals surface area contributed by atoms with E-state index in [-0.39, 0.29) is 0 Å². The van der Waals surface area contributed by atoms with Crippen molar-refractivity contribution < 1.29 is 0 Å². The number of fused-ring (bicyclic) bond motifs is 3. The van der Waals surface area contributed by atoms with Crippen molar-refractivity contribution >= 4 is 27.2 Å². The van der Waals surface area contributed by atoms with Crippen LogP contribution in [0, 0.1) is 17.9 Å². The molecular weight excluding hydrogens is 803 g/mol. The van der Waals surface area contributed by atoms with Gasteiger partial charge >= 0.3 is 0 Å². The zero-order chi connectivity index (χ0) is 44.4. The van der Waals surface area contributed by atoms with Gasteiger partial charge < -0.3 is 0 Å². The molecule has 0 fully saturated rings. The quantitative estimate of drug-likeness (QED) is 0.113. The summed E-state index contributed by atoms with van der Waals surface area (Å²) in [7, 11) is 0. The molecule has 0 radical (unpaired) electrons. The summed E-state index contributed by atoms with van der Waals surface area (Å²) in [5.41, 5.74) is 14.2. The lowest BCUT2D eigenvalue weighted by molar-refractivity contribution is 1.07. The highest BCUT2D eigenvalue weighted by molar-refractivity contribution is 6.14. The van der Waals surface area contributed by atoms with Crippen LogP contribution in [0.3, 0.4) is 0 Å². The van der Waals surface area contributed by atoms with Crippen LogP contribution in [0.1, 0.15) is 5.56 Å². The predicted octanol–water partition coefficient (Wildman–Crippen LogP) is 15.9. The standard InChI is InChI=1S/C61H37N5/c1-63-55-37-53(43-29-27-42(28-30-43)47-15-7-18-50(33-47)57-22-10-14-45-32-31-44-11-5-6-21-56(44)58(45)57)36-54(38-55)49-17-9-20-52(35-49)61-65-59(46-12-3-2-4-13-46)64-60(66-61)51-19-8-16-48(34-51)41-25-23-40(39-62)24-26-41/h2-38H. The van der Waals surface area contributed by atoms with Gasteiger partial charge in [0.05, 0.1) is 18.2 Å². The maximum absolute atomic E-state index is 9.33. The van der Waals surface area contributed by atoms with Gasteiger partial charge in [0.25, 0.3) is 0 Å². The lowest BCUT2D eigenvalue weighted by Gasteiger charge is -2.13. The van der Waals surface area contributed by atoms with E-state index in [0.717, 1.165) is 61.2 Å². The van der Waals surface area contributed by atoms with Crippen molar-refractivity contribution in [2.45, 2.75) is 0 Å². The second kappa shape index (κ2) is 17.1. The molecule has 0 saturated carbocycles. The Kier molecular flexibility index (Phi) is 10.3. The summed E-state index contributed by atoms with van der Waals surface area (Å²) in [4.78, 5) is 18.9. The minimum atomic E-state index is 0.541. The molecule has 306 valence electrons. The average molecular weight is 840 g/mol. The Balaban J connectivity index is 0.925. The summed E-state index contributed by atoms with van der Waals surface area (Å²) >= 11 is 0. The highest BCUT2D eigenvalue weighted by Gasteiger charge is 2.15. The second-order valence-corrected chi connectivity index (χ2v) is 16.3. The monoisotopic (exact) mass is 839 g/mol. The number of hydrogen-bond acceptors (Lipinski definition) is 4. The Hall–Kier alpha value is -9.29. The first-order valence-corrected chi connectivity index (χ1v) is 21.7. The molecule has 0 aliphatic heterocycles. The SMILES string of the molecule is [C-]#[N+]c1cc(-c2ccc(-c3cccc(-c4cccc5ccc6ccccc6c45)c3)cc2)cc(-c2cccc(-c3nc(-c4ccccc4)nc(-c4cccc(-c5ccc(C#N)cc5)c4)n3)c2)c1. The van der Waals surface area contributed by atoms with Crippen LogP contribution >= 0.6 is 0 Å². The maximum Gasteiger partial charge on any atom is 0.188 e. The van der Waals surface area contributed by atoms with Crippen LogP contribution in [0.2, 0.25) is 0 Å². The first-order valence-electron chi connectivity index (χ1n) is 21.7. The zero-order valence-electron chi connectivity index (χ0n) is 35.6. The third-order valence-corrected chi connectivity index (χ3v) is 12.1. The van der Waals surface area contributed by atoms with Crippen molar-refractivity contribution in [3.63, 3.8) is 0 Å². The topological polar surface area (TPSA) is 66.8 Å². The minimum absolute atomic E-state index is 0.541. The van der Waals surface area contributed by atoms with Gasteiger partial charge in [-0.15, -0.1) is 0 Å². The van der Waals surface area contributed by atoms with Gasteiger partial charge in [-0.1, -0.05) is 176 Å². The molecule has 0 atom stereocenters. The number of nitriles is 1.